The number of carbonyl (C=O) groups excluding carboxylic acids is 3. The van der Waals surface area contributed by atoms with Crippen LogP contribution in [0.5, 0.6) is 0 Å². The van der Waals surface area contributed by atoms with E-state index in [-0.39, 0.29) is 44.0 Å². The van der Waals surface area contributed by atoms with E-state index in [9.17, 15) is 14.4 Å². The summed E-state index contributed by atoms with van der Waals surface area (Å²) in [5, 5.41) is 0. The fraction of sp³-hybridized carbons (Fsp3) is 0.618. The molecule has 0 N–H and O–H groups in total. The second kappa shape index (κ2) is 48.7. The topological polar surface area (TPSA) is 78.9 Å². The van der Waals surface area contributed by atoms with Gasteiger partial charge in [0.1, 0.15) is 13.2 Å². The molecule has 6 nitrogen and oxygen atoms in total. The summed E-state index contributed by atoms with van der Waals surface area (Å²) in [6, 6.07) is 0. The Balaban J connectivity index is 4.54. The van der Waals surface area contributed by atoms with Crippen molar-refractivity contribution in [3.05, 3.63) is 109 Å². The minimum Gasteiger partial charge on any atom is -0.462 e. The molecular weight excluding hydrogens is 757 g/mol. The summed E-state index contributed by atoms with van der Waals surface area (Å²) in [5.41, 5.74) is 0. The van der Waals surface area contributed by atoms with Crippen molar-refractivity contribution < 1.29 is 28.6 Å². The van der Waals surface area contributed by atoms with Crippen molar-refractivity contribution in [3.63, 3.8) is 0 Å². The van der Waals surface area contributed by atoms with Crippen LogP contribution in [0.3, 0.4) is 0 Å². The first kappa shape index (κ1) is 57.1. The SMILES string of the molecule is CC/C=C\C/C=C\C/C=C\C/C=C\C/C=C\C/C=C\CCC(=O)OCC(COC(=O)CCCCCCCCCCCCC)OC(=O)CCCCC/C=C\C/C=C\C/C=C\CC. The van der Waals surface area contributed by atoms with Gasteiger partial charge in [-0.15, -0.1) is 0 Å². The van der Waals surface area contributed by atoms with Crippen molar-refractivity contribution >= 4 is 17.9 Å². The summed E-state index contributed by atoms with van der Waals surface area (Å²) in [6.07, 6.45) is 65.1. The van der Waals surface area contributed by atoms with Gasteiger partial charge in [-0.05, 0) is 89.9 Å². The Hall–Kier alpha value is -3.93. The summed E-state index contributed by atoms with van der Waals surface area (Å²) in [6.45, 7) is 6.29. The lowest BCUT2D eigenvalue weighted by molar-refractivity contribution is -0.166. The molecule has 344 valence electrons. The number of rotatable bonds is 42. The van der Waals surface area contributed by atoms with Crippen molar-refractivity contribution in [3.8, 4) is 0 Å². The van der Waals surface area contributed by atoms with Gasteiger partial charge in [0.05, 0.1) is 0 Å². The molecule has 0 aliphatic rings. The highest BCUT2D eigenvalue weighted by Gasteiger charge is 2.19. The standard InChI is InChI=1S/C55H88O6/c1-4-7-10-13-16-19-22-24-25-26-27-28-29-31-33-36-39-42-45-48-54(57)60-51-52(50-59-53(56)47-44-41-38-35-32-21-18-15-12-9-6-3)61-55(58)49-46-43-40-37-34-30-23-20-17-14-11-8-5-2/h7-8,10-11,16-17,19-20,24-25,27-28,30-31,33-34,39,42,52H,4-6,9,12-15,18,21-23,26,29,32,35-38,40-41,43-51H2,1-3H3/b10-7-,11-8-,19-16-,20-17-,25-24-,28-27-,33-31-,34-30-,42-39-. The number of esters is 3. The van der Waals surface area contributed by atoms with Gasteiger partial charge in [-0.3, -0.25) is 14.4 Å². The second-order valence-corrected chi connectivity index (χ2v) is 15.6. The van der Waals surface area contributed by atoms with Gasteiger partial charge in [-0.25, -0.2) is 0 Å². The molecule has 0 saturated carbocycles. The first-order valence-corrected chi connectivity index (χ1v) is 24.4. The molecule has 6 heteroatoms. The Morgan fingerprint density at radius 1 is 0.344 bits per heavy atom. The molecule has 0 heterocycles. The lowest BCUT2D eigenvalue weighted by Crippen LogP contribution is -2.30. The van der Waals surface area contributed by atoms with Crippen LogP contribution in [0.2, 0.25) is 0 Å². The number of hydrogen-bond acceptors (Lipinski definition) is 6. The normalized spacial score (nSPS) is 13.0. The summed E-state index contributed by atoms with van der Waals surface area (Å²) in [4.78, 5) is 37.8. The third-order valence-electron chi connectivity index (χ3n) is 9.79. The van der Waals surface area contributed by atoms with E-state index in [0.717, 1.165) is 96.3 Å². The Morgan fingerprint density at radius 3 is 1.10 bits per heavy atom. The zero-order chi connectivity index (χ0) is 44.4. The van der Waals surface area contributed by atoms with Gasteiger partial charge in [0.2, 0.25) is 0 Å². The van der Waals surface area contributed by atoms with Gasteiger partial charge >= 0.3 is 17.9 Å². The van der Waals surface area contributed by atoms with Crippen LogP contribution in [-0.2, 0) is 28.6 Å². The molecule has 1 unspecified atom stereocenters. The van der Waals surface area contributed by atoms with Crippen LogP contribution in [0, 0.1) is 0 Å². The molecule has 0 fully saturated rings. The van der Waals surface area contributed by atoms with Crippen molar-refractivity contribution in [2.45, 2.75) is 207 Å². The van der Waals surface area contributed by atoms with Crippen LogP contribution in [-0.4, -0.2) is 37.2 Å². The van der Waals surface area contributed by atoms with Crippen molar-refractivity contribution in [1.29, 1.82) is 0 Å². The monoisotopic (exact) mass is 845 g/mol. The molecule has 0 aliphatic heterocycles. The molecule has 0 bridgehead atoms. The number of ether oxygens (including phenoxy) is 3. The van der Waals surface area contributed by atoms with Gasteiger partial charge < -0.3 is 14.2 Å². The van der Waals surface area contributed by atoms with E-state index in [1.807, 2.05) is 12.2 Å². The van der Waals surface area contributed by atoms with Crippen LogP contribution >= 0.6 is 0 Å². The van der Waals surface area contributed by atoms with Crippen LogP contribution in [0.1, 0.15) is 201 Å². The van der Waals surface area contributed by atoms with Crippen LogP contribution in [0.25, 0.3) is 0 Å². The number of allylic oxidation sites excluding steroid dienone is 18. The number of hydrogen-bond donors (Lipinski definition) is 0. The minimum atomic E-state index is -0.822. The first-order chi connectivity index (χ1) is 30.0. The van der Waals surface area contributed by atoms with Crippen molar-refractivity contribution in [1.82, 2.24) is 0 Å². The van der Waals surface area contributed by atoms with Gasteiger partial charge in [0, 0.05) is 19.3 Å². The molecule has 0 radical (unpaired) electrons. The average Bonchev–Trinajstić information content (AvgIpc) is 3.26. The smallest absolute Gasteiger partial charge is 0.306 e. The van der Waals surface area contributed by atoms with Crippen molar-refractivity contribution in [2.24, 2.45) is 0 Å². The lowest BCUT2D eigenvalue weighted by Gasteiger charge is -2.18. The molecule has 0 amide bonds. The van der Waals surface area contributed by atoms with E-state index < -0.39 is 6.10 Å². The van der Waals surface area contributed by atoms with Crippen LogP contribution < -0.4 is 0 Å². The molecule has 0 aromatic carbocycles. The Bertz CT molecular complexity index is 1290. The molecular formula is C55H88O6. The van der Waals surface area contributed by atoms with Gasteiger partial charge in [0.15, 0.2) is 6.10 Å². The van der Waals surface area contributed by atoms with Crippen molar-refractivity contribution in [2.75, 3.05) is 13.2 Å². The fourth-order valence-corrected chi connectivity index (χ4v) is 6.19. The predicted molar refractivity (Wildman–Crippen MR) is 260 cm³/mol. The predicted octanol–water partition coefficient (Wildman–Crippen LogP) is 16.0. The summed E-state index contributed by atoms with van der Waals surface area (Å²) in [7, 11) is 0. The molecule has 61 heavy (non-hydrogen) atoms. The lowest BCUT2D eigenvalue weighted by atomic mass is 10.1. The van der Waals surface area contributed by atoms with E-state index in [2.05, 4.69) is 118 Å². The maximum atomic E-state index is 12.7. The number of carbonyl (C=O) groups is 3. The first-order valence-electron chi connectivity index (χ1n) is 24.4. The molecule has 1 atom stereocenters. The second-order valence-electron chi connectivity index (χ2n) is 15.6. The highest BCUT2D eigenvalue weighted by Crippen LogP contribution is 2.13. The Labute approximate surface area is 374 Å². The quantitative estimate of drug-likeness (QED) is 0.0264. The van der Waals surface area contributed by atoms with Crippen LogP contribution in [0.4, 0.5) is 0 Å². The molecule has 0 saturated heterocycles. The maximum absolute atomic E-state index is 12.7. The fourth-order valence-electron chi connectivity index (χ4n) is 6.19. The summed E-state index contributed by atoms with van der Waals surface area (Å²) < 4.78 is 16.6. The van der Waals surface area contributed by atoms with E-state index in [0.29, 0.717) is 19.3 Å². The van der Waals surface area contributed by atoms with Gasteiger partial charge in [0.25, 0.3) is 0 Å². The summed E-state index contributed by atoms with van der Waals surface area (Å²) in [5.74, 6) is -1.04. The average molecular weight is 845 g/mol. The van der Waals surface area contributed by atoms with Crippen LogP contribution in [0.15, 0.2) is 109 Å². The van der Waals surface area contributed by atoms with E-state index >= 15 is 0 Å². The third-order valence-corrected chi connectivity index (χ3v) is 9.79. The highest BCUT2D eigenvalue weighted by atomic mass is 16.6. The molecule has 0 aromatic heterocycles. The molecule has 0 spiro atoms. The highest BCUT2D eigenvalue weighted by molar-refractivity contribution is 5.71. The maximum Gasteiger partial charge on any atom is 0.306 e. The third kappa shape index (κ3) is 47.0. The van der Waals surface area contributed by atoms with E-state index in [1.54, 1.807) is 0 Å². The molecule has 0 rings (SSSR count). The zero-order valence-corrected chi connectivity index (χ0v) is 39.1. The Morgan fingerprint density at radius 2 is 0.672 bits per heavy atom. The van der Waals surface area contributed by atoms with Gasteiger partial charge in [-0.1, -0.05) is 201 Å². The molecule has 0 aliphatic carbocycles. The Kier molecular flexibility index (Phi) is 45.6. The van der Waals surface area contributed by atoms with E-state index in [4.69, 9.17) is 14.2 Å². The van der Waals surface area contributed by atoms with E-state index in [1.165, 1.54) is 51.4 Å². The number of unbranched alkanes of at least 4 members (excludes halogenated alkanes) is 13. The van der Waals surface area contributed by atoms with Gasteiger partial charge in [-0.2, -0.15) is 0 Å². The molecule has 0 aromatic rings. The minimum absolute atomic E-state index is 0.114. The zero-order valence-electron chi connectivity index (χ0n) is 39.1. The summed E-state index contributed by atoms with van der Waals surface area (Å²) >= 11 is 0. The largest absolute Gasteiger partial charge is 0.462 e.